The van der Waals surface area contributed by atoms with E-state index in [0.29, 0.717) is 0 Å². The van der Waals surface area contributed by atoms with Crippen LogP contribution >= 0.6 is 0 Å². The first-order valence-corrected chi connectivity index (χ1v) is 4.03. The molecule has 0 aromatic carbocycles. The molecule has 0 aliphatic carbocycles. The van der Waals surface area contributed by atoms with Crippen molar-refractivity contribution >= 4 is 11.1 Å². The van der Waals surface area contributed by atoms with Gasteiger partial charge in [-0.1, -0.05) is 13.8 Å². The lowest BCUT2D eigenvalue weighted by Gasteiger charge is -1.88. The second kappa shape index (κ2) is 3.85. The molecule has 2 aromatic rings. The summed E-state index contributed by atoms with van der Waals surface area (Å²) in [4.78, 5) is 7.97. The van der Waals surface area contributed by atoms with Crippen molar-refractivity contribution in [2.24, 2.45) is 0 Å². The first-order valence-electron chi connectivity index (χ1n) is 4.03. The van der Waals surface area contributed by atoms with Gasteiger partial charge < -0.3 is 4.42 Å². The molecule has 0 aliphatic rings. The maximum absolute atomic E-state index is 5.12. The van der Waals surface area contributed by atoms with Gasteiger partial charge in [-0.15, -0.1) is 0 Å². The average molecular weight is 164 g/mol. The van der Waals surface area contributed by atoms with Crippen molar-refractivity contribution in [3.63, 3.8) is 0 Å². The van der Waals surface area contributed by atoms with E-state index in [4.69, 9.17) is 4.42 Å². The fraction of sp³-hybridized carbons (Fsp3) is 0.333. The van der Waals surface area contributed by atoms with Crippen molar-refractivity contribution in [2.45, 2.75) is 20.8 Å². The van der Waals surface area contributed by atoms with Crippen LogP contribution in [0.5, 0.6) is 0 Å². The molecule has 64 valence electrons. The summed E-state index contributed by atoms with van der Waals surface area (Å²) in [5.41, 5.74) is 2.53. The summed E-state index contributed by atoms with van der Waals surface area (Å²) >= 11 is 0. The van der Waals surface area contributed by atoms with Crippen LogP contribution in [0.15, 0.2) is 23.1 Å². The number of hydrogen-bond acceptors (Lipinski definition) is 3. The van der Waals surface area contributed by atoms with Gasteiger partial charge in [-0.3, -0.25) is 0 Å². The number of furan rings is 1. The van der Waals surface area contributed by atoms with Crippen LogP contribution in [0.4, 0.5) is 0 Å². The number of nitrogens with zero attached hydrogens (tertiary/aromatic N) is 2. The van der Waals surface area contributed by atoms with Crippen LogP contribution in [-0.2, 0) is 0 Å². The van der Waals surface area contributed by atoms with Crippen molar-refractivity contribution in [3.05, 3.63) is 24.4 Å². The van der Waals surface area contributed by atoms with E-state index in [1.54, 1.807) is 6.26 Å². The lowest BCUT2D eigenvalue weighted by Crippen LogP contribution is -1.81. The Hall–Kier alpha value is -1.38. The summed E-state index contributed by atoms with van der Waals surface area (Å²) in [5, 5.41) is 0. The van der Waals surface area contributed by atoms with Crippen LogP contribution in [0, 0.1) is 6.92 Å². The Labute approximate surface area is 71.4 Å². The highest BCUT2D eigenvalue weighted by Gasteiger charge is 1.99. The molecule has 0 atom stereocenters. The number of fused-ring (bicyclic) bond motifs is 1. The van der Waals surface area contributed by atoms with E-state index in [1.807, 2.05) is 26.8 Å². The third-order valence-electron chi connectivity index (χ3n) is 1.42. The summed E-state index contributed by atoms with van der Waals surface area (Å²) in [6.07, 6.45) is 3.15. The van der Waals surface area contributed by atoms with Crippen molar-refractivity contribution in [1.82, 2.24) is 9.97 Å². The highest BCUT2D eigenvalue weighted by Crippen LogP contribution is 2.13. The molecule has 0 saturated heterocycles. The molecule has 0 radical (unpaired) electrons. The van der Waals surface area contributed by atoms with Crippen molar-refractivity contribution in [1.29, 1.82) is 0 Å². The van der Waals surface area contributed by atoms with Gasteiger partial charge in [0.1, 0.15) is 11.8 Å². The van der Waals surface area contributed by atoms with E-state index in [-0.39, 0.29) is 0 Å². The SMILES string of the molecule is CC.Cc1ncnc2ccoc12. The third kappa shape index (κ3) is 1.44. The van der Waals surface area contributed by atoms with Gasteiger partial charge >= 0.3 is 0 Å². The second-order valence-corrected chi connectivity index (χ2v) is 2.09. The van der Waals surface area contributed by atoms with Crippen molar-refractivity contribution < 1.29 is 4.42 Å². The Bertz CT molecular complexity index is 354. The van der Waals surface area contributed by atoms with Crippen LogP contribution < -0.4 is 0 Å². The predicted molar refractivity (Wildman–Crippen MR) is 47.9 cm³/mol. The van der Waals surface area contributed by atoms with Gasteiger partial charge in [0.2, 0.25) is 0 Å². The van der Waals surface area contributed by atoms with E-state index in [9.17, 15) is 0 Å². The number of hydrogen-bond donors (Lipinski definition) is 0. The fourth-order valence-electron chi connectivity index (χ4n) is 0.911. The van der Waals surface area contributed by atoms with Crippen LogP contribution in [0.3, 0.4) is 0 Å². The van der Waals surface area contributed by atoms with E-state index < -0.39 is 0 Å². The smallest absolute Gasteiger partial charge is 0.173 e. The molecule has 0 amide bonds. The number of aryl methyl sites for hydroxylation is 1. The quantitative estimate of drug-likeness (QED) is 0.600. The number of aromatic nitrogens is 2. The first kappa shape index (κ1) is 8.71. The van der Waals surface area contributed by atoms with Crippen molar-refractivity contribution in [2.75, 3.05) is 0 Å². The molecule has 0 unspecified atom stereocenters. The van der Waals surface area contributed by atoms with E-state index in [2.05, 4.69) is 9.97 Å². The maximum atomic E-state index is 5.12. The minimum atomic E-state index is 0.780. The Morgan fingerprint density at radius 3 is 2.67 bits per heavy atom. The molecule has 0 spiro atoms. The highest BCUT2D eigenvalue weighted by atomic mass is 16.3. The summed E-state index contributed by atoms with van der Waals surface area (Å²) in [5.74, 6) is 0. The molecule has 3 nitrogen and oxygen atoms in total. The molecule has 3 heteroatoms. The fourth-order valence-corrected chi connectivity index (χ4v) is 0.911. The Morgan fingerprint density at radius 2 is 2.00 bits per heavy atom. The number of rotatable bonds is 0. The van der Waals surface area contributed by atoms with Gasteiger partial charge in [0.15, 0.2) is 5.58 Å². The topological polar surface area (TPSA) is 38.9 Å². The van der Waals surface area contributed by atoms with Gasteiger partial charge in [0.05, 0.1) is 12.0 Å². The van der Waals surface area contributed by atoms with Gasteiger partial charge in [0.25, 0.3) is 0 Å². The largest absolute Gasteiger partial charge is 0.461 e. The Morgan fingerprint density at radius 1 is 1.25 bits per heavy atom. The molecular formula is C9H12N2O. The standard InChI is InChI=1S/C7H6N2O.C2H6/c1-5-7-6(2-3-10-7)9-4-8-5;1-2/h2-4H,1H3;1-2H3. The minimum Gasteiger partial charge on any atom is -0.461 e. The zero-order valence-electron chi connectivity index (χ0n) is 7.53. The molecule has 2 rings (SSSR count). The molecular weight excluding hydrogens is 152 g/mol. The highest BCUT2D eigenvalue weighted by molar-refractivity contribution is 5.73. The summed E-state index contributed by atoms with van der Waals surface area (Å²) in [6, 6.07) is 1.82. The molecule has 0 fully saturated rings. The molecule has 2 heterocycles. The third-order valence-corrected chi connectivity index (χ3v) is 1.42. The van der Waals surface area contributed by atoms with E-state index in [0.717, 1.165) is 16.8 Å². The summed E-state index contributed by atoms with van der Waals surface area (Å²) < 4.78 is 5.12. The zero-order valence-corrected chi connectivity index (χ0v) is 7.53. The van der Waals surface area contributed by atoms with Crippen LogP contribution in [0.1, 0.15) is 19.5 Å². The van der Waals surface area contributed by atoms with Gasteiger partial charge in [0, 0.05) is 6.07 Å². The van der Waals surface area contributed by atoms with Crippen LogP contribution in [0.25, 0.3) is 11.1 Å². The molecule has 12 heavy (non-hydrogen) atoms. The molecule has 2 aromatic heterocycles. The van der Waals surface area contributed by atoms with Gasteiger partial charge in [-0.25, -0.2) is 9.97 Å². The Balaban J connectivity index is 0.000000336. The summed E-state index contributed by atoms with van der Waals surface area (Å²) in [6.45, 7) is 5.90. The molecule has 0 bridgehead atoms. The van der Waals surface area contributed by atoms with Gasteiger partial charge in [-0.05, 0) is 6.92 Å². The predicted octanol–water partition coefficient (Wildman–Crippen LogP) is 2.56. The summed E-state index contributed by atoms with van der Waals surface area (Å²) in [7, 11) is 0. The van der Waals surface area contributed by atoms with Crippen molar-refractivity contribution in [3.8, 4) is 0 Å². The molecule has 0 aliphatic heterocycles. The minimum absolute atomic E-state index is 0.780. The normalized spacial score (nSPS) is 9.25. The molecule has 0 saturated carbocycles. The zero-order chi connectivity index (χ0) is 8.97. The maximum Gasteiger partial charge on any atom is 0.173 e. The molecule has 0 N–H and O–H groups in total. The second-order valence-electron chi connectivity index (χ2n) is 2.09. The van der Waals surface area contributed by atoms with E-state index in [1.165, 1.54) is 6.33 Å². The monoisotopic (exact) mass is 164 g/mol. The average Bonchev–Trinajstić information content (AvgIpc) is 2.57. The lowest BCUT2D eigenvalue weighted by molar-refractivity contribution is 0.610. The van der Waals surface area contributed by atoms with Crippen LogP contribution in [0.2, 0.25) is 0 Å². The van der Waals surface area contributed by atoms with Crippen LogP contribution in [-0.4, -0.2) is 9.97 Å². The van der Waals surface area contributed by atoms with E-state index >= 15 is 0 Å². The lowest BCUT2D eigenvalue weighted by atomic mass is 10.4. The first-order chi connectivity index (χ1) is 5.88. The van der Waals surface area contributed by atoms with Gasteiger partial charge in [-0.2, -0.15) is 0 Å². The Kier molecular flexibility index (Phi) is 2.80.